The van der Waals surface area contributed by atoms with Gasteiger partial charge < -0.3 is 9.67 Å². The van der Waals surface area contributed by atoms with Crippen molar-refractivity contribution in [1.29, 1.82) is 0 Å². The van der Waals surface area contributed by atoms with Crippen molar-refractivity contribution < 1.29 is 18.3 Å². The first-order valence-corrected chi connectivity index (χ1v) is 10.0. The normalized spacial score (nSPS) is 13.5. The molecule has 9 heteroatoms. The molecule has 0 amide bonds. The summed E-state index contributed by atoms with van der Waals surface area (Å²) in [5, 5.41) is 15.8. The lowest BCUT2D eigenvalue weighted by atomic mass is 9.92. The standard InChI is InChI=1S/C23H18ClF3N4O/c24-22-17(4-1-16-2-5-18(25)6-3-16)9-10-30(22)12-23(32,13-31-15-28-14-29-31)20-8-7-19(26)11-21(20)27/h1-11,14-15,32H,12-13H2/b4-1+. The molecule has 164 valence electrons. The molecule has 0 aliphatic heterocycles. The number of benzene rings is 2. The Bertz CT molecular complexity index is 1240. The van der Waals surface area contributed by atoms with Gasteiger partial charge >= 0.3 is 0 Å². The predicted octanol–water partition coefficient (Wildman–Crippen LogP) is 4.91. The van der Waals surface area contributed by atoms with E-state index in [9.17, 15) is 18.3 Å². The van der Waals surface area contributed by atoms with Gasteiger partial charge in [-0.05, 0) is 29.8 Å². The zero-order valence-electron chi connectivity index (χ0n) is 16.7. The molecule has 0 fully saturated rings. The van der Waals surface area contributed by atoms with Crippen molar-refractivity contribution in [3.05, 3.63) is 107 Å². The minimum absolute atomic E-state index is 0.0948. The van der Waals surface area contributed by atoms with E-state index in [1.807, 2.05) is 0 Å². The topological polar surface area (TPSA) is 55.9 Å². The molecule has 4 aromatic rings. The highest BCUT2D eigenvalue weighted by atomic mass is 35.5. The average molecular weight is 459 g/mol. The van der Waals surface area contributed by atoms with Crippen LogP contribution in [0.3, 0.4) is 0 Å². The van der Waals surface area contributed by atoms with Crippen LogP contribution in [0.4, 0.5) is 13.2 Å². The summed E-state index contributed by atoms with van der Waals surface area (Å²) in [6, 6.07) is 10.7. The summed E-state index contributed by atoms with van der Waals surface area (Å²) in [4.78, 5) is 3.85. The first kappa shape index (κ1) is 21.9. The molecule has 4 rings (SSSR count). The van der Waals surface area contributed by atoms with Crippen LogP contribution in [0.1, 0.15) is 16.7 Å². The molecule has 0 aliphatic carbocycles. The van der Waals surface area contributed by atoms with Crippen molar-refractivity contribution in [3.8, 4) is 0 Å². The molecule has 0 saturated heterocycles. The summed E-state index contributed by atoms with van der Waals surface area (Å²) in [6.45, 7) is -0.260. The number of nitrogens with zero attached hydrogens (tertiary/aromatic N) is 4. The van der Waals surface area contributed by atoms with E-state index in [2.05, 4.69) is 10.1 Å². The monoisotopic (exact) mass is 458 g/mol. The Labute approximate surface area is 187 Å². The highest BCUT2D eigenvalue weighted by molar-refractivity contribution is 6.31. The van der Waals surface area contributed by atoms with Crippen molar-refractivity contribution in [2.45, 2.75) is 18.7 Å². The smallest absolute Gasteiger partial charge is 0.137 e. The van der Waals surface area contributed by atoms with Crippen LogP contribution in [0.2, 0.25) is 5.15 Å². The molecule has 0 aliphatic rings. The molecule has 32 heavy (non-hydrogen) atoms. The van der Waals surface area contributed by atoms with Crippen molar-refractivity contribution in [2.75, 3.05) is 0 Å². The van der Waals surface area contributed by atoms with Gasteiger partial charge in [-0.15, -0.1) is 0 Å². The van der Waals surface area contributed by atoms with Gasteiger partial charge in [0.2, 0.25) is 0 Å². The largest absolute Gasteiger partial charge is 0.381 e. The Hall–Kier alpha value is -3.36. The zero-order valence-corrected chi connectivity index (χ0v) is 17.4. The van der Waals surface area contributed by atoms with Gasteiger partial charge in [-0.25, -0.2) is 22.8 Å². The van der Waals surface area contributed by atoms with Crippen molar-refractivity contribution >= 4 is 23.8 Å². The highest BCUT2D eigenvalue weighted by Crippen LogP contribution is 2.31. The fraction of sp³-hybridized carbons (Fsp3) is 0.130. The molecule has 2 aromatic heterocycles. The second-order valence-electron chi connectivity index (χ2n) is 7.32. The maximum Gasteiger partial charge on any atom is 0.137 e. The van der Waals surface area contributed by atoms with Crippen LogP contribution in [0, 0.1) is 17.5 Å². The minimum Gasteiger partial charge on any atom is -0.381 e. The Morgan fingerprint density at radius 3 is 2.41 bits per heavy atom. The molecular weight excluding hydrogens is 441 g/mol. The summed E-state index contributed by atoms with van der Waals surface area (Å²) in [6.07, 6.45) is 7.86. The maximum absolute atomic E-state index is 14.6. The van der Waals surface area contributed by atoms with Crippen molar-refractivity contribution in [1.82, 2.24) is 19.3 Å². The van der Waals surface area contributed by atoms with Crippen LogP contribution in [0.5, 0.6) is 0 Å². The van der Waals surface area contributed by atoms with Gasteiger partial charge in [0, 0.05) is 23.4 Å². The SMILES string of the molecule is OC(Cn1cncn1)(Cn1ccc(/C=C/c2ccc(F)cc2)c1Cl)c1ccc(F)cc1F. The lowest BCUT2D eigenvalue weighted by molar-refractivity contribution is -0.00528. The predicted molar refractivity (Wildman–Crippen MR) is 115 cm³/mol. The third-order valence-corrected chi connectivity index (χ3v) is 5.44. The zero-order chi connectivity index (χ0) is 22.7. The lowest BCUT2D eigenvalue weighted by Gasteiger charge is -2.30. The van der Waals surface area contributed by atoms with Gasteiger partial charge in [0.25, 0.3) is 0 Å². The Morgan fingerprint density at radius 1 is 0.969 bits per heavy atom. The van der Waals surface area contributed by atoms with Crippen LogP contribution in [-0.4, -0.2) is 24.4 Å². The summed E-state index contributed by atoms with van der Waals surface area (Å²) in [5.74, 6) is -1.96. The number of halogens is 4. The van der Waals surface area contributed by atoms with Crippen LogP contribution in [0.25, 0.3) is 12.2 Å². The minimum atomic E-state index is -1.80. The van der Waals surface area contributed by atoms with Gasteiger partial charge in [0.15, 0.2) is 0 Å². The molecular formula is C23H18ClF3N4O. The van der Waals surface area contributed by atoms with Crippen molar-refractivity contribution in [2.24, 2.45) is 0 Å². The molecule has 5 nitrogen and oxygen atoms in total. The fourth-order valence-corrected chi connectivity index (χ4v) is 3.67. The van der Waals surface area contributed by atoms with Crippen LogP contribution in [0.15, 0.2) is 67.4 Å². The first-order valence-electron chi connectivity index (χ1n) is 9.63. The third-order valence-electron chi connectivity index (χ3n) is 5.00. The summed E-state index contributed by atoms with van der Waals surface area (Å²) >= 11 is 6.51. The quantitative estimate of drug-likeness (QED) is 0.428. The number of aliphatic hydroxyl groups is 1. The number of rotatable bonds is 7. The van der Waals surface area contributed by atoms with E-state index in [1.54, 1.807) is 41.1 Å². The Kier molecular flexibility index (Phi) is 6.16. The van der Waals surface area contributed by atoms with E-state index in [1.165, 1.54) is 35.5 Å². The van der Waals surface area contributed by atoms with E-state index in [4.69, 9.17) is 11.6 Å². The Morgan fingerprint density at radius 2 is 1.72 bits per heavy atom. The summed E-state index contributed by atoms with van der Waals surface area (Å²) < 4.78 is 44.0. The molecule has 0 saturated carbocycles. The number of aromatic nitrogens is 4. The first-order chi connectivity index (χ1) is 15.3. The molecule has 1 unspecified atom stereocenters. The highest BCUT2D eigenvalue weighted by Gasteiger charge is 2.34. The second-order valence-corrected chi connectivity index (χ2v) is 7.68. The molecule has 2 aromatic carbocycles. The average Bonchev–Trinajstić information content (AvgIpc) is 3.38. The molecule has 1 N–H and O–H groups in total. The number of hydrogen-bond donors (Lipinski definition) is 1. The molecule has 0 bridgehead atoms. The lowest BCUT2D eigenvalue weighted by Crippen LogP contribution is -2.37. The molecule has 2 heterocycles. The van der Waals surface area contributed by atoms with Crippen LogP contribution >= 0.6 is 11.6 Å². The third kappa shape index (κ3) is 4.76. The van der Waals surface area contributed by atoms with Crippen LogP contribution < -0.4 is 0 Å². The molecule has 1 atom stereocenters. The van der Waals surface area contributed by atoms with E-state index in [0.717, 1.165) is 17.7 Å². The summed E-state index contributed by atoms with van der Waals surface area (Å²) in [5.41, 5.74) is -0.459. The Balaban J connectivity index is 1.64. The fourth-order valence-electron chi connectivity index (χ4n) is 3.43. The van der Waals surface area contributed by atoms with Gasteiger partial charge in [-0.1, -0.05) is 42.0 Å². The van der Waals surface area contributed by atoms with Gasteiger partial charge in [0.05, 0.1) is 13.1 Å². The van der Waals surface area contributed by atoms with Gasteiger partial charge in [-0.2, -0.15) is 5.10 Å². The van der Waals surface area contributed by atoms with E-state index < -0.39 is 17.2 Å². The maximum atomic E-state index is 14.6. The molecule has 0 spiro atoms. The second kappa shape index (κ2) is 9.02. The van der Waals surface area contributed by atoms with Crippen molar-refractivity contribution in [3.63, 3.8) is 0 Å². The van der Waals surface area contributed by atoms with E-state index in [-0.39, 0.29) is 24.5 Å². The molecule has 0 radical (unpaired) electrons. The number of hydrogen-bond acceptors (Lipinski definition) is 3. The summed E-state index contributed by atoms with van der Waals surface area (Å²) in [7, 11) is 0. The van der Waals surface area contributed by atoms with E-state index >= 15 is 0 Å². The van der Waals surface area contributed by atoms with Gasteiger partial charge in [-0.3, -0.25) is 0 Å². The van der Waals surface area contributed by atoms with Crippen LogP contribution in [-0.2, 0) is 18.7 Å². The van der Waals surface area contributed by atoms with Gasteiger partial charge in [0.1, 0.15) is 40.9 Å². The van der Waals surface area contributed by atoms with E-state index in [0.29, 0.717) is 10.7 Å².